The second kappa shape index (κ2) is 12.2. The Bertz CT molecular complexity index is 783. The van der Waals surface area contributed by atoms with E-state index in [1.54, 1.807) is 0 Å². The number of rotatable bonds is 9. The molecular weight excluding hydrogens is 386 g/mol. The first kappa shape index (κ1) is 22.9. The summed E-state index contributed by atoms with van der Waals surface area (Å²) in [4.78, 5) is 16.1. The number of likely N-dealkylation sites (N-methyl/N-ethyl adjacent to an activating group) is 1. The summed E-state index contributed by atoms with van der Waals surface area (Å²) in [5, 5.41) is 6.81. The Morgan fingerprint density at radius 3 is 2.48 bits per heavy atom. The zero-order chi connectivity index (χ0) is 21.9. The summed E-state index contributed by atoms with van der Waals surface area (Å²) >= 11 is 0. The lowest BCUT2D eigenvalue weighted by atomic mass is 10.2. The SMILES string of the molecule is CCN(CCCNC(=NC)NCc1ccc(N2CCN(C)CC2)nc1)c1ccccc1. The Morgan fingerprint density at radius 1 is 1.06 bits per heavy atom. The van der Waals surface area contributed by atoms with E-state index in [0.717, 1.165) is 69.6 Å². The van der Waals surface area contributed by atoms with Gasteiger partial charge in [-0.1, -0.05) is 24.3 Å². The monoisotopic (exact) mass is 423 g/mol. The van der Waals surface area contributed by atoms with E-state index >= 15 is 0 Å². The molecule has 2 N–H and O–H groups in total. The third kappa shape index (κ3) is 7.14. The smallest absolute Gasteiger partial charge is 0.191 e. The molecule has 1 saturated heterocycles. The number of piperazine rings is 1. The van der Waals surface area contributed by atoms with E-state index in [0.29, 0.717) is 6.54 Å². The van der Waals surface area contributed by atoms with Gasteiger partial charge < -0.3 is 25.3 Å². The van der Waals surface area contributed by atoms with Gasteiger partial charge in [0.2, 0.25) is 0 Å². The number of pyridine rings is 1. The Hall–Kier alpha value is -2.80. The highest BCUT2D eigenvalue weighted by Crippen LogP contribution is 2.14. The second-order valence-corrected chi connectivity index (χ2v) is 7.94. The zero-order valence-electron chi connectivity index (χ0n) is 19.2. The molecule has 0 amide bonds. The molecule has 0 spiro atoms. The summed E-state index contributed by atoms with van der Waals surface area (Å²) in [6.45, 7) is 10.1. The molecule has 1 aromatic carbocycles. The van der Waals surface area contributed by atoms with E-state index in [2.05, 4.69) is 91.7 Å². The van der Waals surface area contributed by atoms with E-state index in [1.807, 2.05) is 13.2 Å². The Morgan fingerprint density at radius 2 is 1.84 bits per heavy atom. The molecule has 0 radical (unpaired) electrons. The Kier molecular flexibility index (Phi) is 8.97. The number of benzene rings is 1. The van der Waals surface area contributed by atoms with Crippen molar-refractivity contribution in [1.82, 2.24) is 20.5 Å². The Balaban J connectivity index is 1.38. The van der Waals surface area contributed by atoms with Gasteiger partial charge in [0.05, 0.1) is 0 Å². The molecule has 7 nitrogen and oxygen atoms in total. The highest BCUT2D eigenvalue weighted by atomic mass is 15.3. The number of nitrogens with one attached hydrogen (secondary N) is 2. The number of guanidine groups is 1. The minimum Gasteiger partial charge on any atom is -0.372 e. The molecule has 1 aromatic heterocycles. The van der Waals surface area contributed by atoms with Crippen molar-refractivity contribution in [2.75, 3.05) is 69.7 Å². The fourth-order valence-electron chi connectivity index (χ4n) is 3.74. The van der Waals surface area contributed by atoms with Crippen molar-refractivity contribution in [3.05, 3.63) is 54.2 Å². The first-order chi connectivity index (χ1) is 15.2. The van der Waals surface area contributed by atoms with Gasteiger partial charge in [0, 0.05) is 71.3 Å². The summed E-state index contributed by atoms with van der Waals surface area (Å²) in [6, 6.07) is 14.9. The number of aromatic nitrogens is 1. The quantitative estimate of drug-likeness (QED) is 0.367. The van der Waals surface area contributed by atoms with Crippen LogP contribution in [0.1, 0.15) is 18.9 Å². The minimum atomic E-state index is 0.709. The fourth-order valence-corrected chi connectivity index (χ4v) is 3.74. The van der Waals surface area contributed by atoms with Crippen LogP contribution in [0.2, 0.25) is 0 Å². The summed E-state index contributed by atoms with van der Waals surface area (Å²) in [5.74, 6) is 1.89. The molecule has 0 saturated carbocycles. The standard InChI is InChI=1S/C24H37N7/c1-4-30(22-9-6-5-7-10-22)14-8-13-26-24(25-2)28-20-21-11-12-23(27-19-21)31-17-15-29(3)16-18-31/h5-7,9-12,19H,4,8,13-18,20H2,1-3H3,(H2,25,26,28). The van der Waals surface area contributed by atoms with Crippen LogP contribution in [0.25, 0.3) is 0 Å². The molecule has 0 bridgehead atoms. The van der Waals surface area contributed by atoms with Crippen LogP contribution in [0.4, 0.5) is 11.5 Å². The lowest BCUT2D eigenvalue weighted by Crippen LogP contribution is -2.44. The van der Waals surface area contributed by atoms with Crippen LogP contribution < -0.4 is 20.4 Å². The van der Waals surface area contributed by atoms with Crippen LogP contribution in [0.15, 0.2) is 53.7 Å². The van der Waals surface area contributed by atoms with Gasteiger partial charge >= 0.3 is 0 Å². The van der Waals surface area contributed by atoms with E-state index in [9.17, 15) is 0 Å². The topological polar surface area (TPSA) is 59.0 Å². The first-order valence-electron chi connectivity index (χ1n) is 11.3. The number of hydrogen-bond acceptors (Lipinski definition) is 5. The minimum absolute atomic E-state index is 0.709. The van der Waals surface area contributed by atoms with Crippen LogP contribution in [-0.2, 0) is 6.54 Å². The van der Waals surface area contributed by atoms with Crippen LogP contribution in [-0.4, -0.2) is 75.8 Å². The average Bonchev–Trinajstić information content (AvgIpc) is 2.82. The van der Waals surface area contributed by atoms with Crippen molar-refractivity contribution in [1.29, 1.82) is 0 Å². The van der Waals surface area contributed by atoms with E-state index in [-0.39, 0.29) is 0 Å². The normalized spacial score (nSPS) is 15.1. The van der Waals surface area contributed by atoms with E-state index < -0.39 is 0 Å². The van der Waals surface area contributed by atoms with Gasteiger partial charge in [0.25, 0.3) is 0 Å². The van der Waals surface area contributed by atoms with Crippen LogP contribution in [0, 0.1) is 0 Å². The fraction of sp³-hybridized carbons (Fsp3) is 0.500. The molecule has 168 valence electrons. The molecule has 1 aliphatic rings. The van der Waals surface area contributed by atoms with Crippen molar-refractivity contribution < 1.29 is 0 Å². The van der Waals surface area contributed by atoms with Crippen molar-refractivity contribution in [2.24, 2.45) is 4.99 Å². The molecular formula is C24H37N7. The van der Waals surface area contributed by atoms with Crippen molar-refractivity contribution in [2.45, 2.75) is 19.9 Å². The van der Waals surface area contributed by atoms with Crippen LogP contribution in [0.5, 0.6) is 0 Å². The summed E-state index contributed by atoms with van der Waals surface area (Å²) in [7, 11) is 3.98. The molecule has 1 fully saturated rings. The maximum absolute atomic E-state index is 4.67. The van der Waals surface area contributed by atoms with Crippen molar-refractivity contribution >= 4 is 17.5 Å². The zero-order valence-corrected chi connectivity index (χ0v) is 19.2. The van der Waals surface area contributed by atoms with Gasteiger partial charge in [-0.2, -0.15) is 0 Å². The highest BCUT2D eigenvalue weighted by molar-refractivity contribution is 5.79. The third-order valence-electron chi connectivity index (χ3n) is 5.72. The molecule has 2 heterocycles. The van der Waals surface area contributed by atoms with E-state index in [1.165, 1.54) is 5.69 Å². The van der Waals surface area contributed by atoms with Crippen molar-refractivity contribution in [3.63, 3.8) is 0 Å². The lowest BCUT2D eigenvalue weighted by molar-refractivity contribution is 0.312. The van der Waals surface area contributed by atoms with Gasteiger partial charge in [-0.05, 0) is 44.2 Å². The van der Waals surface area contributed by atoms with Gasteiger partial charge in [-0.25, -0.2) is 4.98 Å². The van der Waals surface area contributed by atoms with E-state index in [4.69, 9.17) is 0 Å². The largest absolute Gasteiger partial charge is 0.372 e. The molecule has 1 aliphatic heterocycles. The highest BCUT2D eigenvalue weighted by Gasteiger charge is 2.14. The van der Waals surface area contributed by atoms with Crippen LogP contribution in [0.3, 0.4) is 0 Å². The number of hydrogen-bond donors (Lipinski definition) is 2. The molecule has 0 atom stereocenters. The summed E-state index contributed by atoms with van der Waals surface area (Å²) in [6.07, 6.45) is 3.01. The van der Waals surface area contributed by atoms with Gasteiger partial charge in [-0.15, -0.1) is 0 Å². The maximum Gasteiger partial charge on any atom is 0.191 e. The number of anilines is 2. The average molecular weight is 424 g/mol. The van der Waals surface area contributed by atoms with Gasteiger partial charge in [0.15, 0.2) is 5.96 Å². The number of para-hydroxylation sites is 1. The third-order valence-corrected chi connectivity index (χ3v) is 5.72. The van der Waals surface area contributed by atoms with Crippen LogP contribution >= 0.6 is 0 Å². The number of aliphatic imine (C=N–C) groups is 1. The Labute approximate surface area is 187 Å². The maximum atomic E-state index is 4.67. The first-order valence-corrected chi connectivity index (χ1v) is 11.3. The van der Waals surface area contributed by atoms with Crippen molar-refractivity contribution in [3.8, 4) is 0 Å². The molecule has 0 unspecified atom stereocenters. The van der Waals surface area contributed by atoms with Gasteiger partial charge in [-0.3, -0.25) is 4.99 Å². The summed E-state index contributed by atoms with van der Waals surface area (Å²) < 4.78 is 0. The lowest BCUT2D eigenvalue weighted by Gasteiger charge is -2.33. The molecule has 3 rings (SSSR count). The molecule has 31 heavy (non-hydrogen) atoms. The summed E-state index contributed by atoms with van der Waals surface area (Å²) in [5.41, 5.74) is 2.43. The molecule has 2 aromatic rings. The molecule has 7 heteroatoms. The molecule has 0 aliphatic carbocycles. The predicted molar refractivity (Wildman–Crippen MR) is 131 cm³/mol. The number of nitrogens with zero attached hydrogens (tertiary/aromatic N) is 5. The second-order valence-electron chi connectivity index (χ2n) is 7.94. The van der Waals surface area contributed by atoms with Gasteiger partial charge in [0.1, 0.15) is 5.82 Å². The predicted octanol–water partition coefficient (Wildman–Crippen LogP) is 2.42.